The van der Waals surface area contributed by atoms with Crippen molar-refractivity contribution >= 4 is 23.6 Å². The van der Waals surface area contributed by atoms with Gasteiger partial charge in [0.15, 0.2) is 0 Å². The summed E-state index contributed by atoms with van der Waals surface area (Å²) in [5.41, 5.74) is 9.74. The summed E-state index contributed by atoms with van der Waals surface area (Å²) in [6.45, 7) is 0.853. The SMILES string of the molecule is CN/N=C(\CCC=O)c1ccc(OCCN)c(Cl)c1. The van der Waals surface area contributed by atoms with E-state index in [1.165, 1.54) is 0 Å². The number of nitrogens with zero attached hydrogens (tertiary/aromatic N) is 1. The van der Waals surface area contributed by atoms with Gasteiger partial charge < -0.3 is 20.7 Å². The number of halogens is 1. The molecule has 0 bridgehead atoms. The van der Waals surface area contributed by atoms with Crippen molar-refractivity contribution in [1.29, 1.82) is 0 Å². The van der Waals surface area contributed by atoms with Gasteiger partial charge >= 0.3 is 0 Å². The third-order valence-corrected chi connectivity index (χ3v) is 2.68. The number of carbonyl (C=O) groups is 1. The highest BCUT2D eigenvalue weighted by Crippen LogP contribution is 2.26. The molecule has 0 atom stereocenters. The lowest BCUT2D eigenvalue weighted by Crippen LogP contribution is -2.11. The lowest BCUT2D eigenvalue weighted by molar-refractivity contribution is -0.107. The van der Waals surface area contributed by atoms with Crippen molar-refractivity contribution in [3.8, 4) is 5.75 Å². The lowest BCUT2D eigenvalue weighted by atomic mass is 10.1. The minimum Gasteiger partial charge on any atom is -0.491 e. The summed E-state index contributed by atoms with van der Waals surface area (Å²) >= 11 is 6.13. The number of aldehydes is 1. The zero-order valence-corrected chi connectivity index (χ0v) is 11.6. The number of rotatable bonds is 8. The Morgan fingerprint density at radius 1 is 1.58 bits per heavy atom. The summed E-state index contributed by atoms with van der Waals surface area (Å²) in [6.07, 6.45) is 1.85. The van der Waals surface area contributed by atoms with Crippen LogP contribution in [0.15, 0.2) is 23.3 Å². The molecule has 1 aromatic carbocycles. The average Bonchev–Trinajstić information content (AvgIpc) is 2.42. The molecule has 0 aromatic heterocycles. The third-order valence-electron chi connectivity index (χ3n) is 2.39. The Bertz CT molecular complexity index is 450. The molecule has 0 amide bonds. The van der Waals surface area contributed by atoms with Crippen molar-refractivity contribution in [2.45, 2.75) is 12.8 Å². The first-order chi connectivity index (χ1) is 9.22. The van der Waals surface area contributed by atoms with E-state index in [-0.39, 0.29) is 0 Å². The molecule has 0 unspecified atom stereocenters. The first-order valence-corrected chi connectivity index (χ1v) is 6.40. The molecule has 1 rings (SSSR count). The minimum atomic E-state index is 0.418. The van der Waals surface area contributed by atoms with Crippen molar-refractivity contribution in [2.24, 2.45) is 10.8 Å². The number of ether oxygens (including phenoxy) is 1. The molecule has 3 N–H and O–H groups in total. The van der Waals surface area contributed by atoms with Crippen molar-refractivity contribution in [1.82, 2.24) is 5.43 Å². The highest BCUT2D eigenvalue weighted by Gasteiger charge is 2.08. The van der Waals surface area contributed by atoms with Crippen molar-refractivity contribution in [3.63, 3.8) is 0 Å². The van der Waals surface area contributed by atoms with E-state index in [9.17, 15) is 4.79 Å². The molecular formula is C13H18ClN3O2. The number of benzene rings is 1. The van der Waals surface area contributed by atoms with Gasteiger partial charge in [-0.25, -0.2) is 0 Å². The number of hydrogen-bond donors (Lipinski definition) is 2. The van der Waals surface area contributed by atoms with Crippen LogP contribution in [0.2, 0.25) is 5.02 Å². The standard InChI is InChI=1S/C13H18ClN3O2/c1-16-17-12(3-2-7-18)10-4-5-13(11(14)9-10)19-8-6-15/h4-5,7,9,16H,2-3,6,8,15H2,1H3/b17-12+. The van der Waals surface area contributed by atoms with Gasteiger partial charge in [0.05, 0.1) is 10.7 Å². The average molecular weight is 284 g/mol. The molecule has 0 saturated heterocycles. The maximum Gasteiger partial charge on any atom is 0.137 e. The summed E-state index contributed by atoms with van der Waals surface area (Å²) in [6, 6.07) is 5.41. The van der Waals surface area contributed by atoms with Crippen LogP contribution in [0.1, 0.15) is 18.4 Å². The predicted molar refractivity (Wildman–Crippen MR) is 76.9 cm³/mol. The molecule has 0 spiro atoms. The van der Waals surface area contributed by atoms with Gasteiger partial charge in [-0.05, 0) is 30.2 Å². The Kier molecular flexibility index (Phi) is 6.92. The van der Waals surface area contributed by atoms with E-state index in [2.05, 4.69) is 10.5 Å². The largest absolute Gasteiger partial charge is 0.491 e. The number of hydrogen-bond acceptors (Lipinski definition) is 5. The molecule has 0 saturated carbocycles. The van der Waals surface area contributed by atoms with Crippen molar-refractivity contribution < 1.29 is 9.53 Å². The number of nitrogens with two attached hydrogens (primary N) is 1. The van der Waals surface area contributed by atoms with Crippen molar-refractivity contribution in [2.75, 3.05) is 20.2 Å². The fourth-order valence-corrected chi connectivity index (χ4v) is 1.80. The van der Waals surface area contributed by atoms with Gasteiger partial charge in [0.1, 0.15) is 18.6 Å². The molecule has 0 fully saturated rings. The Morgan fingerprint density at radius 2 is 2.37 bits per heavy atom. The summed E-state index contributed by atoms with van der Waals surface area (Å²) < 4.78 is 5.39. The molecule has 6 heteroatoms. The van der Waals surface area contributed by atoms with Crippen LogP contribution in [0.4, 0.5) is 0 Å². The van der Waals surface area contributed by atoms with E-state index in [1.54, 1.807) is 19.2 Å². The molecule has 5 nitrogen and oxygen atoms in total. The van der Waals surface area contributed by atoms with E-state index in [4.69, 9.17) is 22.1 Å². The van der Waals surface area contributed by atoms with Gasteiger partial charge in [-0.15, -0.1) is 0 Å². The predicted octanol–water partition coefficient (Wildman–Crippen LogP) is 1.58. The molecule has 0 radical (unpaired) electrons. The van der Waals surface area contributed by atoms with Gasteiger partial charge in [0.25, 0.3) is 0 Å². The fraction of sp³-hybridized carbons (Fsp3) is 0.385. The van der Waals surface area contributed by atoms with Crippen LogP contribution < -0.4 is 15.9 Å². The summed E-state index contributed by atoms with van der Waals surface area (Å²) in [7, 11) is 1.71. The van der Waals surface area contributed by atoms with Crippen LogP contribution in [-0.2, 0) is 4.79 Å². The molecule has 19 heavy (non-hydrogen) atoms. The molecule has 0 heterocycles. The monoisotopic (exact) mass is 283 g/mol. The molecule has 0 aliphatic rings. The van der Waals surface area contributed by atoms with Crippen LogP contribution in [0.25, 0.3) is 0 Å². The van der Waals surface area contributed by atoms with Crippen molar-refractivity contribution in [3.05, 3.63) is 28.8 Å². The summed E-state index contributed by atoms with van der Waals surface area (Å²) in [4.78, 5) is 10.5. The highest BCUT2D eigenvalue weighted by atomic mass is 35.5. The molecule has 0 aliphatic heterocycles. The smallest absolute Gasteiger partial charge is 0.137 e. The first-order valence-electron chi connectivity index (χ1n) is 6.02. The second-order valence-corrected chi connectivity index (χ2v) is 4.18. The quantitative estimate of drug-likeness (QED) is 0.431. The van der Waals surface area contributed by atoms with Crippen LogP contribution in [0.3, 0.4) is 0 Å². The fourth-order valence-electron chi connectivity index (χ4n) is 1.56. The Hall–Kier alpha value is -1.59. The van der Waals surface area contributed by atoms with Gasteiger partial charge in [-0.3, -0.25) is 0 Å². The maximum atomic E-state index is 10.5. The number of nitrogens with one attached hydrogen (secondary N) is 1. The maximum absolute atomic E-state index is 10.5. The highest BCUT2D eigenvalue weighted by molar-refractivity contribution is 6.32. The molecule has 0 aliphatic carbocycles. The van der Waals surface area contributed by atoms with E-state index in [0.717, 1.165) is 17.6 Å². The van der Waals surface area contributed by atoms with Crippen LogP contribution in [-0.4, -0.2) is 32.2 Å². The van der Waals surface area contributed by atoms with Crippen LogP contribution in [0, 0.1) is 0 Å². The lowest BCUT2D eigenvalue weighted by Gasteiger charge is -2.10. The minimum absolute atomic E-state index is 0.418. The Morgan fingerprint density at radius 3 is 2.95 bits per heavy atom. The molecule has 1 aromatic rings. The zero-order chi connectivity index (χ0) is 14.1. The Labute approximate surface area is 117 Å². The van der Waals surface area contributed by atoms with Crippen LogP contribution in [0.5, 0.6) is 5.75 Å². The second-order valence-electron chi connectivity index (χ2n) is 3.77. The second kappa shape index (κ2) is 8.50. The van der Waals surface area contributed by atoms with Gasteiger partial charge in [0, 0.05) is 20.0 Å². The first kappa shape index (κ1) is 15.5. The van der Waals surface area contributed by atoms with E-state index >= 15 is 0 Å². The summed E-state index contributed by atoms with van der Waals surface area (Å²) in [5, 5.41) is 4.65. The normalized spacial score (nSPS) is 11.2. The van der Waals surface area contributed by atoms with E-state index in [0.29, 0.717) is 36.8 Å². The molecular weight excluding hydrogens is 266 g/mol. The Balaban J connectivity index is 2.90. The third kappa shape index (κ3) is 4.89. The van der Waals surface area contributed by atoms with E-state index < -0.39 is 0 Å². The van der Waals surface area contributed by atoms with Gasteiger partial charge in [0.2, 0.25) is 0 Å². The summed E-state index contributed by atoms with van der Waals surface area (Å²) in [5.74, 6) is 0.593. The van der Waals surface area contributed by atoms with Gasteiger partial charge in [-0.2, -0.15) is 5.10 Å². The van der Waals surface area contributed by atoms with Crippen LogP contribution >= 0.6 is 11.6 Å². The molecule has 104 valence electrons. The topological polar surface area (TPSA) is 76.7 Å². The van der Waals surface area contributed by atoms with Gasteiger partial charge in [-0.1, -0.05) is 11.6 Å². The number of hydrazone groups is 1. The number of carbonyl (C=O) groups excluding carboxylic acids is 1. The zero-order valence-electron chi connectivity index (χ0n) is 10.9. The van der Waals surface area contributed by atoms with E-state index in [1.807, 2.05) is 6.07 Å².